The van der Waals surface area contributed by atoms with Crippen molar-refractivity contribution < 1.29 is 13.3 Å². The molecule has 0 aromatic heterocycles. The smallest absolute Gasteiger partial charge is 0.262 e. The number of hydrogen-bond donors (Lipinski definition) is 1. The van der Waals surface area contributed by atoms with Crippen LogP contribution in [0.15, 0.2) is 23.1 Å². The molecule has 1 aromatic carbocycles. The Bertz CT molecular complexity index is 503. The molecule has 5 nitrogen and oxygen atoms in total. The molecule has 0 atom stereocenters. The van der Waals surface area contributed by atoms with Crippen LogP contribution in [-0.4, -0.2) is 15.5 Å². The maximum absolute atomic E-state index is 11.5. The standard InChI is InChI=1S/C9H10N2O3S/c1-7-5-9(4-3-8(7)6-10)15(12,13)11-14-2/h3-5,11H,1-2H3. The SMILES string of the molecule is CONS(=O)(=O)c1ccc(C#N)c(C)c1. The Morgan fingerprint density at radius 2 is 2.13 bits per heavy atom. The molecule has 1 rings (SSSR count). The van der Waals surface area contributed by atoms with Crippen molar-refractivity contribution in [1.29, 1.82) is 5.26 Å². The fourth-order valence-corrected chi connectivity index (χ4v) is 1.98. The predicted octanol–water partition coefficient (Wildman–Crippen LogP) is 0.706. The van der Waals surface area contributed by atoms with E-state index in [1.807, 2.05) is 11.0 Å². The molecule has 80 valence electrons. The van der Waals surface area contributed by atoms with E-state index in [4.69, 9.17) is 5.26 Å². The third-order valence-corrected chi connectivity index (χ3v) is 3.08. The minimum Gasteiger partial charge on any atom is -0.290 e. The lowest BCUT2D eigenvalue weighted by Gasteiger charge is -2.05. The summed E-state index contributed by atoms with van der Waals surface area (Å²) >= 11 is 0. The Morgan fingerprint density at radius 3 is 2.60 bits per heavy atom. The van der Waals surface area contributed by atoms with Crippen molar-refractivity contribution in [3.63, 3.8) is 0 Å². The van der Waals surface area contributed by atoms with Crippen LogP contribution >= 0.6 is 0 Å². The number of rotatable bonds is 3. The maximum Gasteiger partial charge on any atom is 0.262 e. The number of aryl methyl sites for hydroxylation is 1. The molecule has 0 spiro atoms. The first-order valence-electron chi connectivity index (χ1n) is 4.07. The van der Waals surface area contributed by atoms with Crippen molar-refractivity contribution >= 4 is 10.0 Å². The van der Waals surface area contributed by atoms with Gasteiger partial charge in [0.15, 0.2) is 0 Å². The minimum absolute atomic E-state index is 0.0702. The summed E-state index contributed by atoms with van der Waals surface area (Å²) < 4.78 is 22.9. The van der Waals surface area contributed by atoms with Crippen LogP contribution in [0.2, 0.25) is 0 Å². The average molecular weight is 226 g/mol. The molecule has 0 fully saturated rings. The molecular weight excluding hydrogens is 216 g/mol. The zero-order chi connectivity index (χ0) is 11.5. The van der Waals surface area contributed by atoms with Gasteiger partial charge in [-0.1, -0.05) is 4.89 Å². The van der Waals surface area contributed by atoms with Crippen LogP contribution in [0, 0.1) is 18.3 Å². The van der Waals surface area contributed by atoms with E-state index in [9.17, 15) is 8.42 Å². The number of nitrogens with one attached hydrogen (secondary N) is 1. The Hall–Kier alpha value is -1.42. The molecule has 6 heteroatoms. The highest BCUT2D eigenvalue weighted by molar-refractivity contribution is 7.89. The van der Waals surface area contributed by atoms with E-state index in [0.29, 0.717) is 11.1 Å². The third kappa shape index (κ3) is 2.53. The molecule has 0 radical (unpaired) electrons. The summed E-state index contributed by atoms with van der Waals surface area (Å²) in [5, 5.41) is 8.68. The summed E-state index contributed by atoms with van der Waals surface area (Å²) in [5.41, 5.74) is 1.06. The van der Waals surface area contributed by atoms with Crippen LogP contribution < -0.4 is 4.89 Å². The highest BCUT2D eigenvalue weighted by Gasteiger charge is 2.14. The Balaban J connectivity index is 3.20. The summed E-state index contributed by atoms with van der Waals surface area (Å²) in [5.74, 6) is 0. The molecule has 0 saturated heterocycles. The molecule has 0 aliphatic rings. The van der Waals surface area contributed by atoms with Gasteiger partial charge in [-0.3, -0.25) is 4.84 Å². The van der Waals surface area contributed by atoms with Gasteiger partial charge in [-0.05, 0) is 30.7 Å². The van der Waals surface area contributed by atoms with Crippen molar-refractivity contribution in [2.75, 3.05) is 7.11 Å². The van der Waals surface area contributed by atoms with Gasteiger partial charge >= 0.3 is 0 Å². The average Bonchev–Trinajstić information content (AvgIpc) is 2.17. The predicted molar refractivity (Wildman–Crippen MR) is 53.2 cm³/mol. The first kappa shape index (κ1) is 11.7. The summed E-state index contributed by atoms with van der Waals surface area (Å²) in [4.78, 5) is 6.32. The second kappa shape index (κ2) is 4.40. The van der Waals surface area contributed by atoms with E-state index in [2.05, 4.69) is 4.84 Å². The molecule has 0 saturated carbocycles. The highest BCUT2D eigenvalue weighted by Crippen LogP contribution is 2.14. The van der Waals surface area contributed by atoms with Gasteiger partial charge in [-0.15, -0.1) is 0 Å². The molecular formula is C9H10N2O3S. The summed E-state index contributed by atoms with van der Waals surface area (Å²) in [6, 6.07) is 6.19. The molecule has 0 bridgehead atoms. The monoisotopic (exact) mass is 226 g/mol. The largest absolute Gasteiger partial charge is 0.290 e. The van der Waals surface area contributed by atoms with Crippen LogP contribution in [0.4, 0.5) is 0 Å². The van der Waals surface area contributed by atoms with Crippen molar-refractivity contribution in [2.45, 2.75) is 11.8 Å². The zero-order valence-electron chi connectivity index (χ0n) is 8.31. The van der Waals surface area contributed by atoms with Crippen LogP contribution in [0.25, 0.3) is 0 Å². The van der Waals surface area contributed by atoms with Gasteiger partial charge in [-0.2, -0.15) is 5.26 Å². The van der Waals surface area contributed by atoms with Crippen LogP contribution in [-0.2, 0) is 14.9 Å². The summed E-state index contributed by atoms with van der Waals surface area (Å²) in [7, 11) is -2.42. The Labute approximate surface area is 88.3 Å². The normalized spacial score (nSPS) is 11.0. The van der Waals surface area contributed by atoms with Crippen LogP contribution in [0.1, 0.15) is 11.1 Å². The number of hydrogen-bond acceptors (Lipinski definition) is 4. The molecule has 15 heavy (non-hydrogen) atoms. The molecule has 0 aliphatic heterocycles. The van der Waals surface area contributed by atoms with Crippen molar-refractivity contribution in [3.8, 4) is 6.07 Å². The van der Waals surface area contributed by atoms with Gasteiger partial charge in [0.05, 0.1) is 23.6 Å². The van der Waals surface area contributed by atoms with Crippen LogP contribution in [0.3, 0.4) is 0 Å². The lowest BCUT2D eigenvalue weighted by Crippen LogP contribution is -2.22. The Morgan fingerprint density at radius 1 is 1.47 bits per heavy atom. The number of nitriles is 1. The van der Waals surface area contributed by atoms with Crippen molar-refractivity contribution in [1.82, 2.24) is 4.89 Å². The van der Waals surface area contributed by atoms with Crippen molar-refractivity contribution in [2.24, 2.45) is 0 Å². The van der Waals surface area contributed by atoms with Gasteiger partial charge in [0, 0.05) is 0 Å². The second-order valence-corrected chi connectivity index (χ2v) is 4.52. The first-order chi connectivity index (χ1) is 7.01. The highest BCUT2D eigenvalue weighted by atomic mass is 32.2. The number of benzene rings is 1. The fraction of sp³-hybridized carbons (Fsp3) is 0.222. The topological polar surface area (TPSA) is 79.2 Å². The fourth-order valence-electron chi connectivity index (χ4n) is 1.09. The number of sulfonamides is 1. The van der Waals surface area contributed by atoms with Gasteiger partial charge < -0.3 is 0 Å². The van der Waals surface area contributed by atoms with E-state index >= 15 is 0 Å². The van der Waals surface area contributed by atoms with Gasteiger partial charge in [0.25, 0.3) is 10.0 Å². The van der Waals surface area contributed by atoms with Gasteiger partial charge in [0.2, 0.25) is 0 Å². The first-order valence-corrected chi connectivity index (χ1v) is 5.55. The molecule has 0 aliphatic carbocycles. The molecule has 0 unspecified atom stereocenters. The molecule has 0 amide bonds. The third-order valence-electron chi connectivity index (χ3n) is 1.82. The molecule has 1 aromatic rings. The van der Waals surface area contributed by atoms with E-state index in [0.717, 1.165) is 0 Å². The van der Waals surface area contributed by atoms with Gasteiger partial charge in [-0.25, -0.2) is 8.42 Å². The van der Waals surface area contributed by atoms with E-state index in [1.165, 1.54) is 25.3 Å². The molecule has 1 N–H and O–H groups in total. The quantitative estimate of drug-likeness (QED) is 0.770. The lowest BCUT2D eigenvalue weighted by atomic mass is 10.1. The molecule has 0 heterocycles. The Kier molecular flexibility index (Phi) is 3.42. The minimum atomic E-state index is -3.64. The number of nitrogens with zero attached hydrogens (tertiary/aromatic N) is 1. The maximum atomic E-state index is 11.5. The van der Waals surface area contributed by atoms with Gasteiger partial charge in [0.1, 0.15) is 0 Å². The summed E-state index contributed by atoms with van der Waals surface area (Å²) in [6.45, 7) is 1.67. The second-order valence-electron chi connectivity index (χ2n) is 2.88. The van der Waals surface area contributed by atoms with E-state index in [-0.39, 0.29) is 4.90 Å². The lowest BCUT2D eigenvalue weighted by molar-refractivity contribution is 0.153. The van der Waals surface area contributed by atoms with E-state index in [1.54, 1.807) is 6.92 Å². The van der Waals surface area contributed by atoms with E-state index < -0.39 is 10.0 Å². The zero-order valence-corrected chi connectivity index (χ0v) is 9.13. The van der Waals surface area contributed by atoms with Crippen LogP contribution in [0.5, 0.6) is 0 Å². The summed E-state index contributed by atoms with van der Waals surface area (Å²) in [6.07, 6.45) is 0. The van der Waals surface area contributed by atoms with Crippen molar-refractivity contribution in [3.05, 3.63) is 29.3 Å².